The number of imide groups is 1. The second kappa shape index (κ2) is 8.08. The first kappa shape index (κ1) is 20.0. The van der Waals surface area contributed by atoms with Gasteiger partial charge in [0.1, 0.15) is 0 Å². The van der Waals surface area contributed by atoms with Gasteiger partial charge in [0, 0.05) is 19.1 Å². The van der Waals surface area contributed by atoms with Crippen molar-refractivity contribution in [1.82, 2.24) is 14.5 Å². The van der Waals surface area contributed by atoms with E-state index in [0.717, 1.165) is 36.7 Å². The zero-order chi connectivity index (χ0) is 19.6. The molecule has 2 heterocycles. The summed E-state index contributed by atoms with van der Waals surface area (Å²) in [7, 11) is -3.57. The molecule has 1 unspecified atom stereocenters. The zero-order valence-electron chi connectivity index (χ0n) is 15.8. The first-order chi connectivity index (χ1) is 12.8. The van der Waals surface area contributed by atoms with Gasteiger partial charge in [-0.3, -0.25) is 19.4 Å². The van der Waals surface area contributed by atoms with E-state index < -0.39 is 21.8 Å². The van der Waals surface area contributed by atoms with Gasteiger partial charge in [0.25, 0.3) is 11.8 Å². The van der Waals surface area contributed by atoms with E-state index in [4.69, 9.17) is 0 Å². The van der Waals surface area contributed by atoms with Crippen LogP contribution in [0.1, 0.15) is 47.4 Å². The molecule has 1 fully saturated rings. The van der Waals surface area contributed by atoms with Gasteiger partial charge in [-0.2, -0.15) is 0 Å². The average Bonchev–Trinajstić information content (AvgIpc) is 2.90. The highest BCUT2D eigenvalue weighted by Gasteiger charge is 2.35. The van der Waals surface area contributed by atoms with Crippen molar-refractivity contribution in [2.75, 3.05) is 31.9 Å². The number of rotatable bonds is 7. The Balaban J connectivity index is 1.51. The molecular weight excluding hydrogens is 366 g/mol. The van der Waals surface area contributed by atoms with Gasteiger partial charge >= 0.3 is 0 Å². The van der Waals surface area contributed by atoms with E-state index in [1.54, 1.807) is 24.3 Å². The predicted molar refractivity (Wildman–Crippen MR) is 103 cm³/mol. The number of hydrogen-bond donors (Lipinski definition) is 1. The van der Waals surface area contributed by atoms with Crippen molar-refractivity contribution in [3.63, 3.8) is 0 Å². The van der Waals surface area contributed by atoms with Gasteiger partial charge in [0.05, 0.1) is 16.9 Å². The molecule has 3 rings (SSSR count). The third kappa shape index (κ3) is 4.56. The lowest BCUT2D eigenvalue weighted by Gasteiger charge is -2.35. The molecule has 0 aliphatic carbocycles. The fraction of sp³-hybridized carbons (Fsp3) is 0.579. The molecule has 1 saturated heterocycles. The summed E-state index contributed by atoms with van der Waals surface area (Å²) in [5.41, 5.74) is 0.668. The summed E-state index contributed by atoms with van der Waals surface area (Å²) in [5.74, 6) is -0.421. The Morgan fingerprint density at radius 1 is 1.11 bits per heavy atom. The molecule has 0 aromatic heterocycles. The van der Waals surface area contributed by atoms with Gasteiger partial charge < -0.3 is 0 Å². The number of fused-ring (bicyclic) bond motifs is 1. The summed E-state index contributed by atoms with van der Waals surface area (Å²) in [6.45, 7) is 6.42. The number of piperidine rings is 1. The van der Waals surface area contributed by atoms with E-state index in [1.807, 2.05) is 6.92 Å². The van der Waals surface area contributed by atoms with Crippen molar-refractivity contribution >= 4 is 21.8 Å². The molecule has 0 radical (unpaired) electrons. The lowest BCUT2D eigenvalue weighted by molar-refractivity contribution is 0.0664. The molecule has 1 aromatic rings. The number of carbonyl (C=O) groups excluding carboxylic acids is 2. The van der Waals surface area contributed by atoms with E-state index in [2.05, 4.69) is 16.5 Å². The fourth-order valence-electron chi connectivity index (χ4n) is 3.57. The molecule has 1 aromatic carbocycles. The Bertz CT molecular complexity index is 781. The van der Waals surface area contributed by atoms with E-state index >= 15 is 0 Å². The third-order valence-electron chi connectivity index (χ3n) is 5.50. The van der Waals surface area contributed by atoms with Crippen LogP contribution in [-0.4, -0.2) is 68.0 Å². The molecule has 148 valence electrons. The van der Waals surface area contributed by atoms with Gasteiger partial charge in [-0.1, -0.05) is 19.1 Å². The minimum atomic E-state index is -3.57. The minimum Gasteiger partial charge on any atom is -0.299 e. The molecule has 0 saturated carbocycles. The number of nitrogens with zero attached hydrogens (tertiary/aromatic N) is 2. The van der Waals surface area contributed by atoms with Gasteiger partial charge in [0.15, 0.2) is 0 Å². The Morgan fingerprint density at radius 3 is 2.22 bits per heavy atom. The summed E-state index contributed by atoms with van der Waals surface area (Å²) in [6, 6.07) is 6.67. The van der Waals surface area contributed by atoms with E-state index in [1.165, 1.54) is 0 Å². The third-order valence-corrected chi connectivity index (χ3v) is 6.83. The molecule has 8 heteroatoms. The highest BCUT2D eigenvalue weighted by atomic mass is 32.2. The molecule has 7 nitrogen and oxygen atoms in total. The standard InChI is InChI=1S/C19H27N3O4S/c1-14-7-9-21(10-8-14)15(2)13-20-27(25,26)12-11-22-18(23)16-5-3-4-6-17(16)19(22)24/h3-6,14-15,20H,7-13H2,1-2H3. The number of amides is 2. The highest BCUT2D eigenvalue weighted by molar-refractivity contribution is 7.89. The second-order valence-corrected chi connectivity index (χ2v) is 9.47. The Hall–Kier alpha value is -1.77. The van der Waals surface area contributed by atoms with Crippen LogP contribution in [0.2, 0.25) is 0 Å². The molecule has 1 atom stereocenters. The molecule has 1 N–H and O–H groups in total. The maximum absolute atomic E-state index is 12.3. The number of sulfonamides is 1. The van der Waals surface area contributed by atoms with Crippen LogP contribution in [0.25, 0.3) is 0 Å². The summed E-state index contributed by atoms with van der Waals surface area (Å²) < 4.78 is 27.3. The molecule has 2 aliphatic heterocycles. The zero-order valence-corrected chi connectivity index (χ0v) is 16.7. The molecule has 0 spiro atoms. The summed E-state index contributed by atoms with van der Waals surface area (Å²) >= 11 is 0. The van der Waals surface area contributed by atoms with Crippen molar-refractivity contribution in [1.29, 1.82) is 0 Å². The van der Waals surface area contributed by atoms with Crippen molar-refractivity contribution in [2.24, 2.45) is 5.92 Å². The topological polar surface area (TPSA) is 86.8 Å². The SMILES string of the molecule is CC1CCN(C(C)CNS(=O)(=O)CCN2C(=O)c3ccccc3C2=O)CC1. The number of benzene rings is 1. The molecular formula is C19H27N3O4S. The lowest BCUT2D eigenvalue weighted by Crippen LogP contribution is -2.46. The van der Waals surface area contributed by atoms with Crippen molar-refractivity contribution in [3.05, 3.63) is 35.4 Å². The second-order valence-electron chi connectivity index (χ2n) is 7.54. The van der Waals surface area contributed by atoms with Crippen LogP contribution < -0.4 is 4.72 Å². The van der Waals surface area contributed by atoms with Gasteiger partial charge in [0.2, 0.25) is 10.0 Å². The first-order valence-corrected chi connectivity index (χ1v) is 11.1. The largest absolute Gasteiger partial charge is 0.299 e. The smallest absolute Gasteiger partial charge is 0.261 e. The van der Waals surface area contributed by atoms with E-state index in [9.17, 15) is 18.0 Å². The Morgan fingerprint density at radius 2 is 1.67 bits per heavy atom. The maximum Gasteiger partial charge on any atom is 0.261 e. The van der Waals surface area contributed by atoms with Crippen molar-refractivity contribution < 1.29 is 18.0 Å². The monoisotopic (exact) mass is 393 g/mol. The fourth-order valence-corrected chi connectivity index (χ4v) is 4.63. The van der Waals surface area contributed by atoms with Crippen LogP contribution in [0.15, 0.2) is 24.3 Å². The van der Waals surface area contributed by atoms with Crippen LogP contribution >= 0.6 is 0 Å². The van der Waals surface area contributed by atoms with E-state index in [0.29, 0.717) is 17.7 Å². The van der Waals surface area contributed by atoms with Gasteiger partial charge in [-0.15, -0.1) is 0 Å². The molecule has 27 heavy (non-hydrogen) atoms. The quantitative estimate of drug-likeness (QED) is 0.706. The van der Waals surface area contributed by atoms with E-state index in [-0.39, 0.29) is 18.3 Å². The molecule has 2 aliphatic rings. The predicted octanol–water partition coefficient (Wildman–Crippen LogP) is 1.32. The van der Waals surface area contributed by atoms with Gasteiger partial charge in [-0.25, -0.2) is 13.1 Å². The summed E-state index contributed by atoms with van der Waals surface area (Å²) in [4.78, 5) is 27.9. The number of hydrogen-bond acceptors (Lipinski definition) is 5. The van der Waals surface area contributed by atoms with Crippen LogP contribution in [0.4, 0.5) is 0 Å². The lowest BCUT2D eigenvalue weighted by atomic mass is 9.98. The van der Waals surface area contributed by atoms with Crippen LogP contribution in [0, 0.1) is 5.92 Å². The van der Waals surface area contributed by atoms with Crippen LogP contribution in [0.3, 0.4) is 0 Å². The van der Waals surface area contributed by atoms with Crippen LogP contribution in [0.5, 0.6) is 0 Å². The average molecular weight is 394 g/mol. The normalized spacial score (nSPS) is 20.1. The highest BCUT2D eigenvalue weighted by Crippen LogP contribution is 2.22. The van der Waals surface area contributed by atoms with Gasteiger partial charge in [-0.05, 0) is 50.9 Å². The number of nitrogens with one attached hydrogen (secondary N) is 1. The van der Waals surface area contributed by atoms with Crippen molar-refractivity contribution in [2.45, 2.75) is 32.7 Å². The maximum atomic E-state index is 12.3. The van der Waals surface area contributed by atoms with Crippen molar-refractivity contribution in [3.8, 4) is 0 Å². The van der Waals surface area contributed by atoms with Crippen LogP contribution in [-0.2, 0) is 10.0 Å². The number of carbonyl (C=O) groups is 2. The Labute approximate surface area is 160 Å². The molecule has 2 amide bonds. The Kier molecular flexibility index (Phi) is 5.98. The summed E-state index contributed by atoms with van der Waals surface area (Å²) in [6.07, 6.45) is 2.27. The number of likely N-dealkylation sites (tertiary alicyclic amines) is 1. The summed E-state index contributed by atoms with van der Waals surface area (Å²) in [5, 5.41) is 0. The first-order valence-electron chi connectivity index (χ1n) is 9.45. The molecule has 0 bridgehead atoms. The minimum absolute atomic E-state index is 0.117.